The van der Waals surface area contributed by atoms with Crippen LogP contribution >= 0.6 is 0 Å². The van der Waals surface area contributed by atoms with Gasteiger partial charge in [0.2, 0.25) is 11.6 Å². The second-order valence-corrected chi connectivity index (χ2v) is 7.41. The Balaban J connectivity index is 0.000000298. The Kier molecular flexibility index (Phi) is 13.4. The van der Waals surface area contributed by atoms with Crippen LogP contribution in [0.3, 0.4) is 0 Å². The summed E-state index contributed by atoms with van der Waals surface area (Å²) >= 11 is 0. The quantitative estimate of drug-likeness (QED) is 0.236. The number of carbonyl (C=O) groups is 2. The van der Waals surface area contributed by atoms with E-state index in [0.717, 1.165) is 0 Å². The second-order valence-electron chi connectivity index (χ2n) is 7.41. The number of rotatable bonds is 12. The summed E-state index contributed by atoms with van der Waals surface area (Å²) in [4.78, 5) is 26.0. The molecule has 0 unspecified atom stereocenters. The van der Waals surface area contributed by atoms with E-state index in [1.54, 1.807) is 48.5 Å². The summed E-state index contributed by atoms with van der Waals surface area (Å²) in [6.45, 7) is 6.97. The van der Waals surface area contributed by atoms with Crippen LogP contribution in [0.25, 0.3) is 0 Å². The maximum absolute atomic E-state index is 11.8. The van der Waals surface area contributed by atoms with Crippen molar-refractivity contribution in [3.63, 3.8) is 0 Å². The van der Waals surface area contributed by atoms with Crippen LogP contribution in [0.4, 0.5) is 0 Å². The first-order valence-corrected chi connectivity index (χ1v) is 11.0. The highest BCUT2D eigenvalue weighted by molar-refractivity contribution is 6.49. The van der Waals surface area contributed by atoms with E-state index in [1.165, 1.54) is 58.0 Å². The van der Waals surface area contributed by atoms with Crippen LogP contribution in [0.15, 0.2) is 60.7 Å². The molecule has 0 aliphatic rings. The minimum Gasteiger partial charge on any atom is -0.307 e. The van der Waals surface area contributed by atoms with Gasteiger partial charge in [0.15, 0.2) is 0 Å². The molecule has 2 aromatic rings. The fourth-order valence-electron chi connectivity index (χ4n) is 2.94. The number of hydrogen-bond acceptors (Lipinski definition) is 3. The highest BCUT2D eigenvalue weighted by atomic mass is 16.2. The predicted octanol–water partition coefficient (Wildman–Crippen LogP) is 6.44. The molecule has 0 bridgehead atoms. The van der Waals surface area contributed by atoms with Gasteiger partial charge in [-0.2, -0.15) is 0 Å². The van der Waals surface area contributed by atoms with E-state index >= 15 is 0 Å². The zero-order valence-corrected chi connectivity index (χ0v) is 18.4. The van der Waals surface area contributed by atoms with E-state index < -0.39 is 11.6 Å². The van der Waals surface area contributed by atoms with Gasteiger partial charge >= 0.3 is 0 Å². The SMILES string of the molecule is CCCCCCCCCN(C)CC.O=C(C(=O)c1ccccc1)c1ccccc1. The van der Waals surface area contributed by atoms with Crippen LogP contribution < -0.4 is 0 Å². The number of nitrogens with zero attached hydrogens (tertiary/aromatic N) is 1. The third-order valence-corrected chi connectivity index (χ3v) is 4.96. The Morgan fingerprint density at radius 2 is 1.07 bits per heavy atom. The highest BCUT2D eigenvalue weighted by Crippen LogP contribution is 2.08. The van der Waals surface area contributed by atoms with Crippen LogP contribution in [0.1, 0.15) is 79.5 Å². The zero-order chi connectivity index (χ0) is 21.3. The average molecular weight is 396 g/mol. The molecule has 0 saturated heterocycles. The summed E-state index contributed by atoms with van der Waals surface area (Å²) in [6, 6.07) is 17.2. The van der Waals surface area contributed by atoms with Gasteiger partial charge in [-0.25, -0.2) is 0 Å². The molecule has 3 nitrogen and oxygen atoms in total. The minimum absolute atomic E-state index is 0.427. The van der Waals surface area contributed by atoms with Crippen molar-refractivity contribution in [3.05, 3.63) is 71.8 Å². The van der Waals surface area contributed by atoms with Gasteiger partial charge in [-0.1, -0.05) is 113 Å². The third kappa shape index (κ3) is 10.7. The van der Waals surface area contributed by atoms with E-state index in [2.05, 4.69) is 25.8 Å². The monoisotopic (exact) mass is 395 g/mol. The van der Waals surface area contributed by atoms with Gasteiger partial charge in [-0.3, -0.25) is 9.59 Å². The van der Waals surface area contributed by atoms with Gasteiger partial charge < -0.3 is 4.90 Å². The van der Waals surface area contributed by atoms with Crippen molar-refractivity contribution in [1.29, 1.82) is 0 Å². The molecule has 0 spiro atoms. The molecular formula is C26H37NO2. The van der Waals surface area contributed by atoms with Crippen molar-refractivity contribution in [2.45, 2.75) is 58.8 Å². The summed E-state index contributed by atoms with van der Waals surface area (Å²) < 4.78 is 0. The van der Waals surface area contributed by atoms with Crippen LogP contribution in [0.5, 0.6) is 0 Å². The van der Waals surface area contributed by atoms with Crippen molar-refractivity contribution < 1.29 is 9.59 Å². The van der Waals surface area contributed by atoms with Crippen LogP contribution in [0, 0.1) is 0 Å². The maximum atomic E-state index is 11.8. The number of benzene rings is 2. The van der Waals surface area contributed by atoms with Crippen molar-refractivity contribution in [2.24, 2.45) is 0 Å². The Hall–Kier alpha value is -2.26. The number of ketones is 2. The lowest BCUT2D eigenvalue weighted by Gasteiger charge is -2.12. The van der Waals surface area contributed by atoms with Gasteiger partial charge in [0.25, 0.3) is 0 Å². The van der Waals surface area contributed by atoms with Gasteiger partial charge in [0, 0.05) is 11.1 Å². The summed E-state index contributed by atoms with van der Waals surface area (Å²) in [7, 11) is 2.21. The minimum atomic E-state index is -0.466. The van der Waals surface area contributed by atoms with E-state index in [4.69, 9.17) is 0 Å². The Morgan fingerprint density at radius 1 is 0.655 bits per heavy atom. The lowest BCUT2D eigenvalue weighted by Crippen LogP contribution is -2.18. The molecule has 0 saturated carbocycles. The van der Waals surface area contributed by atoms with E-state index in [-0.39, 0.29) is 0 Å². The molecule has 0 atom stereocenters. The Bertz CT molecular complexity index is 633. The predicted molar refractivity (Wildman–Crippen MR) is 123 cm³/mol. The normalized spacial score (nSPS) is 10.3. The molecule has 2 aromatic carbocycles. The summed E-state index contributed by atoms with van der Waals surface area (Å²) in [5, 5.41) is 0. The van der Waals surface area contributed by atoms with E-state index in [1.807, 2.05) is 12.1 Å². The molecule has 0 aliphatic carbocycles. The molecule has 0 aromatic heterocycles. The Labute approximate surface area is 177 Å². The van der Waals surface area contributed by atoms with Gasteiger partial charge in [-0.05, 0) is 26.6 Å². The van der Waals surface area contributed by atoms with E-state index in [9.17, 15) is 9.59 Å². The van der Waals surface area contributed by atoms with E-state index in [0.29, 0.717) is 11.1 Å². The van der Waals surface area contributed by atoms with Crippen LogP contribution in [-0.4, -0.2) is 36.6 Å². The summed E-state index contributed by atoms with van der Waals surface area (Å²) in [5.74, 6) is -0.932. The molecular weight excluding hydrogens is 358 g/mol. The summed E-state index contributed by atoms with van der Waals surface area (Å²) in [6.07, 6.45) is 9.93. The number of carbonyl (C=O) groups excluding carboxylic acids is 2. The molecule has 0 fully saturated rings. The van der Waals surface area contributed by atoms with Crippen molar-refractivity contribution in [2.75, 3.05) is 20.1 Å². The molecule has 2 rings (SSSR count). The summed E-state index contributed by atoms with van der Waals surface area (Å²) in [5.41, 5.74) is 0.854. The van der Waals surface area contributed by atoms with Crippen LogP contribution in [-0.2, 0) is 0 Å². The molecule has 3 heteroatoms. The van der Waals surface area contributed by atoms with Crippen molar-refractivity contribution >= 4 is 11.6 Å². The first-order valence-electron chi connectivity index (χ1n) is 11.0. The molecule has 0 heterocycles. The first-order chi connectivity index (χ1) is 14.1. The molecule has 158 valence electrons. The lowest BCUT2D eigenvalue weighted by molar-refractivity contribution is 0.0817. The van der Waals surface area contributed by atoms with Gasteiger partial charge in [0.05, 0.1) is 0 Å². The Morgan fingerprint density at radius 3 is 1.48 bits per heavy atom. The molecule has 0 N–H and O–H groups in total. The third-order valence-electron chi connectivity index (χ3n) is 4.96. The van der Waals surface area contributed by atoms with Crippen LogP contribution in [0.2, 0.25) is 0 Å². The van der Waals surface area contributed by atoms with Crippen molar-refractivity contribution in [1.82, 2.24) is 4.90 Å². The highest BCUT2D eigenvalue weighted by Gasteiger charge is 2.17. The molecule has 0 radical (unpaired) electrons. The average Bonchev–Trinajstić information content (AvgIpc) is 2.79. The topological polar surface area (TPSA) is 37.4 Å². The number of hydrogen-bond donors (Lipinski definition) is 0. The lowest BCUT2D eigenvalue weighted by atomic mass is 10.0. The fourth-order valence-corrected chi connectivity index (χ4v) is 2.94. The number of unbranched alkanes of at least 4 members (excludes halogenated alkanes) is 6. The molecule has 0 aliphatic heterocycles. The maximum Gasteiger partial charge on any atom is 0.233 e. The standard InChI is InChI=1S/C14H10O2.C12H27N/c15-13(11-7-3-1-4-8-11)14(16)12-9-5-2-6-10-12;1-4-6-7-8-9-10-11-12-13(3)5-2/h1-10H;4-12H2,1-3H3. The molecule has 0 amide bonds. The second kappa shape index (κ2) is 15.6. The van der Waals surface area contributed by atoms with Crippen molar-refractivity contribution in [3.8, 4) is 0 Å². The fraction of sp³-hybridized carbons (Fsp3) is 0.462. The van der Waals surface area contributed by atoms with Gasteiger partial charge in [-0.15, -0.1) is 0 Å². The number of Topliss-reactive ketones (excluding diaryl/α,β-unsaturated/α-hetero) is 2. The zero-order valence-electron chi connectivity index (χ0n) is 18.4. The largest absolute Gasteiger partial charge is 0.307 e. The smallest absolute Gasteiger partial charge is 0.233 e. The first kappa shape index (κ1) is 24.8. The molecule has 29 heavy (non-hydrogen) atoms. The van der Waals surface area contributed by atoms with Gasteiger partial charge in [0.1, 0.15) is 0 Å².